The van der Waals surface area contributed by atoms with E-state index in [9.17, 15) is 14.4 Å². The molecule has 1 aliphatic heterocycles. The first kappa shape index (κ1) is 21.3. The van der Waals surface area contributed by atoms with Gasteiger partial charge in [-0.05, 0) is 43.3 Å². The molecular weight excluding hydrogens is 436 g/mol. The van der Waals surface area contributed by atoms with Crippen LogP contribution in [-0.4, -0.2) is 30.3 Å². The Hall–Kier alpha value is -4.59. The Balaban J connectivity index is 1.54. The van der Waals surface area contributed by atoms with Gasteiger partial charge in [0.05, 0.1) is 18.5 Å². The SMILES string of the molecule is COc1cccc(C(=O)c2oc3ccccc3c2NC(=O)C2(C)Oc3ccccc3NC2=O)c1. The first-order valence-corrected chi connectivity index (χ1v) is 10.5. The van der Waals surface area contributed by atoms with E-state index in [1.807, 2.05) is 0 Å². The minimum atomic E-state index is -1.87. The molecule has 0 aliphatic carbocycles. The molecule has 0 saturated heterocycles. The summed E-state index contributed by atoms with van der Waals surface area (Å²) in [7, 11) is 1.50. The minimum Gasteiger partial charge on any atom is -0.497 e. The van der Waals surface area contributed by atoms with Crippen molar-refractivity contribution >= 4 is 39.9 Å². The number of fused-ring (bicyclic) bond motifs is 2. The summed E-state index contributed by atoms with van der Waals surface area (Å²) in [5.74, 6) is -1.02. The molecule has 0 fully saturated rings. The van der Waals surface area contributed by atoms with Crippen LogP contribution in [0.3, 0.4) is 0 Å². The fourth-order valence-corrected chi connectivity index (χ4v) is 3.77. The molecule has 8 nitrogen and oxygen atoms in total. The van der Waals surface area contributed by atoms with E-state index in [1.54, 1.807) is 72.8 Å². The van der Waals surface area contributed by atoms with Crippen LogP contribution in [-0.2, 0) is 9.59 Å². The molecule has 1 atom stereocenters. The highest BCUT2D eigenvalue weighted by molar-refractivity contribution is 6.23. The van der Waals surface area contributed by atoms with Crippen LogP contribution < -0.4 is 20.1 Å². The molecule has 0 saturated carbocycles. The standard InChI is InChI=1S/C26H20N2O6/c1-26(24(30)27-18-11-4-6-13-20(18)34-26)25(31)28-21-17-10-3-5-12-19(17)33-23(21)22(29)15-8-7-9-16(14-15)32-2/h3-14H,1-2H3,(H,27,30)(H,28,31). The number of ether oxygens (including phenoxy) is 2. The van der Waals surface area contributed by atoms with Gasteiger partial charge in [0.15, 0.2) is 5.76 Å². The highest BCUT2D eigenvalue weighted by Gasteiger charge is 2.47. The van der Waals surface area contributed by atoms with Gasteiger partial charge in [-0.15, -0.1) is 0 Å². The van der Waals surface area contributed by atoms with Gasteiger partial charge in [-0.25, -0.2) is 0 Å². The van der Waals surface area contributed by atoms with Crippen molar-refractivity contribution < 1.29 is 28.3 Å². The Kier molecular flexibility index (Phi) is 5.05. The fourth-order valence-electron chi connectivity index (χ4n) is 3.77. The van der Waals surface area contributed by atoms with Crippen molar-refractivity contribution in [1.82, 2.24) is 0 Å². The number of ketones is 1. The van der Waals surface area contributed by atoms with Crippen molar-refractivity contribution in [3.8, 4) is 11.5 Å². The lowest BCUT2D eigenvalue weighted by Gasteiger charge is -2.33. The molecule has 3 aromatic carbocycles. The predicted molar refractivity (Wildman–Crippen MR) is 125 cm³/mol. The van der Waals surface area contributed by atoms with Crippen molar-refractivity contribution in [3.63, 3.8) is 0 Å². The number of anilines is 2. The number of nitrogens with one attached hydrogen (secondary N) is 2. The van der Waals surface area contributed by atoms with E-state index >= 15 is 0 Å². The van der Waals surface area contributed by atoms with E-state index in [0.717, 1.165) is 0 Å². The van der Waals surface area contributed by atoms with Crippen LogP contribution in [0.1, 0.15) is 23.0 Å². The first-order chi connectivity index (χ1) is 16.4. The quantitative estimate of drug-likeness (QED) is 0.341. The van der Waals surface area contributed by atoms with Crippen molar-refractivity contribution in [2.24, 2.45) is 0 Å². The first-order valence-electron chi connectivity index (χ1n) is 10.5. The van der Waals surface area contributed by atoms with E-state index in [0.29, 0.717) is 33.7 Å². The molecule has 1 aromatic heterocycles. The Morgan fingerprint density at radius 3 is 2.59 bits per heavy atom. The molecule has 1 aliphatic rings. The second-order valence-electron chi connectivity index (χ2n) is 7.90. The molecule has 0 bridgehead atoms. The van der Waals surface area contributed by atoms with Crippen molar-refractivity contribution in [3.05, 3.63) is 84.1 Å². The van der Waals surface area contributed by atoms with E-state index < -0.39 is 23.2 Å². The largest absolute Gasteiger partial charge is 0.497 e. The van der Waals surface area contributed by atoms with Gasteiger partial charge in [0.25, 0.3) is 17.4 Å². The predicted octanol–water partition coefficient (Wildman–Crippen LogP) is 4.40. The summed E-state index contributed by atoms with van der Waals surface area (Å²) in [5.41, 5.74) is -0.511. The lowest BCUT2D eigenvalue weighted by atomic mass is 10.0. The van der Waals surface area contributed by atoms with E-state index in [2.05, 4.69) is 10.6 Å². The van der Waals surface area contributed by atoms with Crippen LogP contribution in [0.5, 0.6) is 11.5 Å². The molecule has 0 radical (unpaired) electrons. The molecule has 170 valence electrons. The smallest absolute Gasteiger partial charge is 0.278 e. The van der Waals surface area contributed by atoms with Crippen LogP contribution in [0.15, 0.2) is 77.2 Å². The Morgan fingerprint density at radius 2 is 1.76 bits per heavy atom. The zero-order chi connectivity index (χ0) is 23.9. The summed E-state index contributed by atoms with van der Waals surface area (Å²) in [5, 5.41) is 5.92. The summed E-state index contributed by atoms with van der Waals surface area (Å²) >= 11 is 0. The van der Waals surface area contributed by atoms with Gasteiger partial charge in [0.2, 0.25) is 5.78 Å². The van der Waals surface area contributed by atoms with Crippen LogP contribution in [0.2, 0.25) is 0 Å². The number of hydrogen-bond donors (Lipinski definition) is 2. The van der Waals surface area contributed by atoms with Gasteiger partial charge >= 0.3 is 0 Å². The third-order valence-electron chi connectivity index (χ3n) is 5.69. The summed E-state index contributed by atoms with van der Waals surface area (Å²) < 4.78 is 16.9. The number of rotatable bonds is 5. The number of carbonyl (C=O) groups excluding carboxylic acids is 3. The van der Waals surface area contributed by atoms with Crippen molar-refractivity contribution in [1.29, 1.82) is 0 Å². The highest BCUT2D eigenvalue weighted by atomic mass is 16.5. The lowest BCUT2D eigenvalue weighted by Crippen LogP contribution is -2.56. The topological polar surface area (TPSA) is 107 Å². The Labute approximate surface area is 194 Å². The highest BCUT2D eigenvalue weighted by Crippen LogP contribution is 2.36. The van der Waals surface area contributed by atoms with Gasteiger partial charge < -0.3 is 24.5 Å². The molecule has 2 amide bonds. The Bertz CT molecular complexity index is 1460. The molecule has 8 heteroatoms. The number of carbonyl (C=O) groups is 3. The van der Waals surface area contributed by atoms with E-state index in [4.69, 9.17) is 13.9 Å². The normalized spacial score (nSPS) is 16.8. The summed E-state index contributed by atoms with van der Waals surface area (Å²) in [6.45, 7) is 1.37. The average Bonchev–Trinajstić information content (AvgIpc) is 3.22. The average molecular weight is 456 g/mol. The summed E-state index contributed by atoms with van der Waals surface area (Å²) in [6.07, 6.45) is 0. The molecule has 5 rings (SSSR count). The molecule has 4 aromatic rings. The third kappa shape index (κ3) is 3.45. The molecular formula is C26H20N2O6. The van der Waals surface area contributed by atoms with Gasteiger partial charge in [-0.2, -0.15) is 0 Å². The van der Waals surface area contributed by atoms with Crippen LogP contribution in [0, 0.1) is 0 Å². The zero-order valence-corrected chi connectivity index (χ0v) is 18.4. The lowest BCUT2D eigenvalue weighted by molar-refractivity contribution is -0.143. The monoisotopic (exact) mass is 456 g/mol. The number of amides is 2. The Morgan fingerprint density at radius 1 is 1.00 bits per heavy atom. The summed E-state index contributed by atoms with van der Waals surface area (Å²) in [6, 6.07) is 20.4. The van der Waals surface area contributed by atoms with E-state index in [-0.39, 0.29) is 11.4 Å². The maximum Gasteiger partial charge on any atom is 0.278 e. The maximum atomic E-state index is 13.4. The van der Waals surface area contributed by atoms with Gasteiger partial charge in [0, 0.05) is 10.9 Å². The molecule has 2 heterocycles. The molecule has 0 spiro atoms. The maximum absolute atomic E-state index is 13.4. The number of para-hydroxylation sites is 3. The fraction of sp³-hybridized carbons (Fsp3) is 0.115. The molecule has 1 unspecified atom stereocenters. The van der Waals surface area contributed by atoms with Crippen molar-refractivity contribution in [2.75, 3.05) is 17.7 Å². The van der Waals surface area contributed by atoms with E-state index in [1.165, 1.54) is 14.0 Å². The van der Waals surface area contributed by atoms with Crippen LogP contribution >= 0.6 is 0 Å². The number of hydrogen-bond acceptors (Lipinski definition) is 6. The van der Waals surface area contributed by atoms with Crippen molar-refractivity contribution in [2.45, 2.75) is 12.5 Å². The second-order valence-corrected chi connectivity index (χ2v) is 7.90. The van der Waals surface area contributed by atoms with Crippen LogP contribution in [0.25, 0.3) is 11.0 Å². The van der Waals surface area contributed by atoms with Gasteiger partial charge in [-0.1, -0.05) is 36.4 Å². The van der Waals surface area contributed by atoms with Gasteiger partial charge in [-0.3, -0.25) is 14.4 Å². The molecule has 2 N–H and O–H groups in total. The number of benzene rings is 3. The summed E-state index contributed by atoms with van der Waals surface area (Å²) in [4.78, 5) is 39.6. The third-order valence-corrected chi connectivity index (χ3v) is 5.69. The molecule has 34 heavy (non-hydrogen) atoms. The van der Waals surface area contributed by atoms with Crippen LogP contribution in [0.4, 0.5) is 11.4 Å². The second kappa shape index (κ2) is 8.08. The number of furan rings is 1. The number of methoxy groups -OCH3 is 1. The minimum absolute atomic E-state index is 0.0666. The van der Waals surface area contributed by atoms with Gasteiger partial charge in [0.1, 0.15) is 17.1 Å². The zero-order valence-electron chi connectivity index (χ0n) is 18.4.